The Hall–Kier alpha value is -0.820. The zero-order chi connectivity index (χ0) is 15.2. The average molecular weight is 428 g/mol. The van der Waals surface area contributed by atoms with Crippen molar-refractivity contribution in [1.82, 2.24) is 9.80 Å². The maximum Gasteiger partial charge on any atom is 0.191 e. The molecule has 0 unspecified atom stereocenters. The Labute approximate surface area is 157 Å². The molecule has 0 atom stereocenters. The first-order chi connectivity index (χ1) is 10.8. The summed E-state index contributed by atoms with van der Waals surface area (Å²) in [6.07, 6.45) is 6.31. The second kappa shape index (κ2) is 9.47. The summed E-state index contributed by atoms with van der Waals surface area (Å²) in [4.78, 5) is 9.37. The van der Waals surface area contributed by atoms with Gasteiger partial charge in [0.05, 0.1) is 6.54 Å². The lowest BCUT2D eigenvalue weighted by Crippen LogP contribution is -2.39. The van der Waals surface area contributed by atoms with Crippen LogP contribution >= 0.6 is 24.0 Å². The number of nitrogens with two attached hydrogens (primary N) is 1. The van der Waals surface area contributed by atoms with Crippen molar-refractivity contribution in [2.24, 2.45) is 10.7 Å². The molecule has 1 aromatic carbocycles. The van der Waals surface area contributed by atoms with E-state index in [1.165, 1.54) is 36.8 Å². The van der Waals surface area contributed by atoms with Gasteiger partial charge in [0.2, 0.25) is 0 Å². The van der Waals surface area contributed by atoms with Crippen LogP contribution in [0.5, 0.6) is 0 Å². The van der Waals surface area contributed by atoms with Crippen LogP contribution in [0.4, 0.5) is 0 Å². The number of fused-ring (bicyclic) bond motifs is 1. The molecule has 0 aliphatic carbocycles. The molecule has 2 aliphatic heterocycles. The van der Waals surface area contributed by atoms with Crippen LogP contribution in [-0.4, -0.2) is 48.5 Å². The van der Waals surface area contributed by atoms with Crippen LogP contribution < -0.4 is 5.73 Å². The Morgan fingerprint density at radius 2 is 1.70 bits per heavy atom. The van der Waals surface area contributed by atoms with Crippen LogP contribution in [0.3, 0.4) is 0 Å². The largest absolute Gasteiger partial charge is 0.370 e. The summed E-state index contributed by atoms with van der Waals surface area (Å²) in [7, 11) is 0. The second-order valence-electron chi connectivity index (χ2n) is 6.44. The van der Waals surface area contributed by atoms with Gasteiger partial charge < -0.3 is 10.6 Å². The Morgan fingerprint density at radius 1 is 1.00 bits per heavy atom. The molecule has 0 aromatic heterocycles. The van der Waals surface area contributed by atoms with Gasteiger partial charge >= 0.3 is 0 Å². The van der Waals surface area contributed by atoms with E-state index in [2.05, 4.69) is 39.1 Å². The standard InChI is InChI=1S/C18H28N4.HI/c19-18(22-11-5-1-2-6-12-22)20-10-14-21-13-9-16-7-3-4-8-17(16)15-21;/h3-4,7-8H,1-2,5-6,9-15H2,(H2,19,20);1H. The van der Waals surface area contributed by atoms with Crippen LogP contribution in [-0.2, 0) is 13.0 Å². The summed E-state index contributed by atoms with van der Waals surface area (Å²) in [6.45, 7) is 6.15. The molecule has 1 saturated heterocycles. The molecule has 1 aromatic rings. The number of likely N-dealkylation sites (tertiary alicyclic amines) is 1. The van der Waals surface area contributed by atoms with Crippen molar-refractivity contribution in [3.63, 3.8) is 0 Å². The van der Waals surface area contributed by atoms with E-state index in [1.54, 1.807) is 0 Å². The van der Waals surface area contributed by atoms with Crippen LogP contribution in [0.2, 0.25) is 0 Å². The number of halogens is 1. The lowest BCUT2D eigenvalue weighted by atomic mass is 10.0. The highest BCUT2D eigenvalue weighted by Gasteiger charge is 2.15. The molecule has 0 radical (unpaired) electrons. The van der Waals surface area contributed by atoms with Gasteiger partial charge in [0.25, 0.3) is 0 Å². The third-order valence-electron chi connectivity index (χ3n) is 4.83. The molecule has 128 valence electrons. The smallest absolute Gasteiger partial charge is 0.191 e. The summed E-state index contributed by atoms with van der Waals surface area (Å²) >= 11 is 0. The summed E-state index contributed by atoms with van der Waals surface area (Å²) in [5.41, 5.74) is 9.14. The zero-order valence-corrected chi connectivity index (χ0v) is 16.2. The summed E-state index contributed by atoms with van der Waals surface area (Å²) in [6, 6.07) is 8.77. The van der Waals surface area contributed by atoms with Crippen molar-refractivity contribution in [3.8, 4) is 0 Å². The van der Waals surface area contributed by atoms with Gasteiger partial charge in [-0.25, -0.2) is 0 Å². The Bertz CT molecular complexity index is 509. The predicted octanol–water partition coefficient (Wildman–Crippen LogP) is 2.85. The molecule has 2 N–H and O–H groups in total. The topological polar surface area (TPSA) is 44.9 Å². The van der Waals surface area contributed by atoms with E-state index in [9.17, 15) is 0 Å². The molecular formula is C18H29IN4. The van der Waals surface area contributed by atoms with Gasteiger partial charge in [0, 0.05) is 32.7 Å². The number of nitrogens with zero attached hydrogens (tertiary/aromatic N) is 3. The van der Waals surface area contributed by atoms with Crippen molar-refractivity contribution < 1.29 is 0 Å². The third-order valence-corrected chi connectivity index (χ3v) is 4.83. The van der Waals surface area contributed by atoms with Gasteiger partial charge in [-0.1, -0.05) is 37.1 Å². The van der Waals surface area contributed by atoms with Crippen LogP contribution in [0.25, 0.3) is 0 Å². The minimum Gasteiger partial charge on any atom is -0.370 e. The minimum absolute atomic E-state index is 0. The molecule has 0 spiro atoms. The zero-order valence-electron chi connectivity index (χ0n) is 13.9. The molecule has 23 heavy (non-hydrogen) atoms. The number of aliphatic imine (C=N–C) groups is 1. The van der Waals surface area contributed by atoms with Gasteiger partial charge in [-0.3, -0.25) is 9.89 Å². The molecule has 4 nitrogen and oxygen atoms in total. The van der Waals surface area contributed by atoms with E-state index in [0.29, 0.717) is 0 Å². The van der Waals surface area contributed by atoms with E-state index in [1.807, 2.05) is 0 Å². The first-order valence-electron chi connectivity index (χ1n) is 8.67. The average Bonchev–Trinajstić information content (AvgIpc) is 2.84. The van der Waals surface area contributed by atoms with Crippen LogP contribution in [0.15, 0.2) is 29.3 Å². The molecule has 0 saturated carbocycles. The van der Waals surface area contributed by atoms with Crippen molar-refractivity contribution in [2.75, 3.05) is 32.7 Å². The highest BCUT2D eigenvalue weighted by molar-refractivity contribution is 14.0. The van der Waals surface area contributed by atoms with Gasteiger partial charge in [-0.05, 0) is 30.4 Å². The Morgan fingerprint density at radius 3 is 2.43 bits per heavy atom. The van der Waals surface area contributed by atoms with E-state index in [4.69, 9.17) is 5.73 Å². The first kappa shape index (κ1) is 18.5. The molecular weight excluding hydrogens is 399 g/mol. The van der Waals surface area contributed by atoms with Crippen LogP contribution in [0, 0.1) is 0 Å². The van der Waals surface area contributed by atoms with E-state index in [-0.39, 0.29) is 24.0 Å². The molecule has 2 heterocycles. The van der Waals surface area contributed by atoms with Gasteiger partial charge in [-0.2, -0.15) is 0 Å². The molecule has 1 fully saturated rings. The monoisotopic (exact) mass is 428 g/mol. The number of hydrogen-bond donors (Lipinski definition) is 1. The fourth-order valence-electron chi connectivity index (χ4n) is 3.45. The lowest BCUT2D eigenvalue weighted by molar-refractivity contribution is 0.261. The van der Waals surface area contributed by atoms with Gasteiger partial charge in [-0.15, -0.1) is 24.0 Å². The number of rotatable bonds is 3. The highest BCUT2D eigenvalue weighted by Crippen LogP contribution is 2.18. The number of hydrogen-bond acceptors (Lipinski definition) is 2. The Kier molecular flexibility index (Phi) is 7.62. The lowest BCUT2D eigenvalue weighted by Gasteiger charge is -2.28. The summed E-state index contributed by atoms with van der Waals surface area (Å²) < 4.78 is 0. The fraction of sp³-hybridized carbons (Fsp3) is 0.611. The molecule has 2 aliphatic rings. The van der Waals surface area contributed by atoms with Crippen molar-refractivity contribution in [1.29, 1.82) is 0 Å². The molecule has 3 rings (SSSR count). The predicted molar refractivity (Wildman–Crippen MR) is 107 cm³/mol. The van der Waals surface area contributed by atoms with E-state index < -0.39 is 0 Å². The number of guanidine groups is 1. The van der Waals surface area contributed by atoms with Crippen molar-refractivity contribution in [3.05, 3.63) is 35.4 Å². The maximum absolute atomic E-state index is 6.17. The summed E-state index contributed by atoms with van der Waals surface area (Å²) in [5.74, 6) is 0.749. The Balaban J connectivity index is 0.00000192. The van der Waals surface area contributed by atoms with E-state index >= 15 is 0 Å². The quantitative estimate of drug-likeness (QED) is 0.458. The minimum atomic E-state index is 0. The first-order valence-corrected chi connectivity index (χ1v) is 8.67. The number of benzene rings is 1. The van der Waals surface area contributed by atoms with Crippen molar-refractivity contribution >= 4 is 29.9 Å². The third kappa shape index (κ3) is 5.35. The fourth-order valence-corrected chi connectivity index (χ4v) is 3.45. The second-order valence-corrected chi connectivity index (χ2v) is 6.44. The summed E-state index contributed by atoms with van der Waals surface area (Å²) in [5, 5.41) is 0. The van der Waals surface area contributed by atoms with E-state index in [0.717, 1.165) is 51.6 Å². The molecule has 0 bridgehead atoms. The maximum atomic E-state index is 6.17. The SMILES string of the molecule is I.NC(=NCCN1CCc2ccccc2C1)N1CCCCCC1. The van der Waals surface area contributed by atoms with Crippen LogP contribution in [0.1, 0.15) is 36.8 Å². The molecule has 0 amide bonds. The molecule has 5 heteroatoms. The van der Waals surface area contributed by atoms with Crippen molar-refractivity contribution in [2.45, 2.75) is 38.6 Å². The van der Waals surface area contributed by atoms with Gasteiger partial charge in [0.15, 0.2) is 5.96 Å². The van der Waals surface area contributed by atoms with Gasteiger partial charge in [0.1, 0.15) is 0 Å². The normalized spacial score (nSPS) is 19.7. The highest BCUT2D eigenvalue weighted by atomic mass is 127.